The molecule has 0 amide bonds. The Morgan fingerprint density at radius 1 is 1.17 bits per heavy atom. The second kappa shape index (κ2) is 5.09. The van der Waals surface area contributed by atoms with Crippen molar-refractivity contribution in [3.63, 3.8) is 0 Å². The van der Waals surface area contributed by atoms with Gasteiger partial charge in [0.1, 0.15) is 0 Å². The van der Waals surface area contributed by atoms with E-state index in [4.69, 9.17) is 5.73 Å². The Bertz CT molecular complexity index is 535. The average Bonchev–Trinajstić information content (AvgIpc) is 2.38. The third-order valence-electron chi connectivity index (χ3n) is 4.05. The van der Waals surface area contributed by atoms with Gasteiger partial charge in [-0.05, 0) is 29.7 Å². The van der Waals surface area contributed by atoms with Crippen molar-refractivity contribution >= 4 is 10.8 Å². The molecule has 0 aromatic heterocycles. The lowest BCUT2D eigenvalue weighted by atomic mass is 9.74. The summed E-state index contributed by atoms with van der Waals surface area (Å²) in [5.41, 5.74) is 7.14. The van der Waals surface area contributed by atoms with Gasteiger partial charge in [-0.25, -0.2) is 0 Å². The van der Waals surface area contributed by atoms with Gasteiger partial charge in [0.25, 0.3) is 0 Å². The van der Waals surface area contributed by atoms with Gasteiger partial charge in [-0.15, -0.1) is 0 Å². The molecule has 2 heteroatoms. The Labute approximate surface area is 108 Å². The van der Waals surface area contributed by atoms with Crippen molar-refractivity contribution in [2.45, 2.75) is 31.7 Å². The molecule has 96 valence electrons. The minimum Gasteiger partial charge on any atom is -0.396 e. The van der Waals surface area contributed by atoms with E-state index in [0.29, 0.717) is 6.42 Å². The Morgan fingerprint density at radius 2 is 1.83 bits per heavy atom. The summed E-state index contributed by atoms with van der Waals surface area (Å²) in [5, 5.41) is 11.7. The normalized spacial score (nSPS) is 16.4. The molecule has 2 aromatic rings. The second-order valence-electron chi connectivity index (χ2n) is 5.24. The van der Waals surface area contributed by atoms with Gasteiger partial charge < -0.3 is 10.8 Å². The highest BCUT2D eigenvalue weighted by Crippen LogP contribution is 2.32. The van der Waals surface area contributed by atoms with Crippen molar-refractivity contribution in [1.29, 1.82) is 0 Å². The molecular formula is C16H21NO. The number of hydrogen-bond donors (Lipinski definition) is 2. The molecule has 0 fully saturated rings. The maximum absolute atomic E-state index is 9.27. The van der Waals surface area contributed by atoms with Gasteiger partial charge in [-0.2, -0.15) is 0 Å². The van der Waals surface area contributed by atoms with E-state index in [1.807, 2.05) is 19.1 Å². The minimum absolute atomic E-state index is 0.00538. The van der Waals surface area contributed by atoms with Crippen molar-refractivity contribution in [2.24, 2.45) is 5.73 Å². The van der Waals surface area contributed by atoms with Gasteiger partial charge in [0.15, 0.2) is 0 Å². The fourth-order valence-corrected chi connectivity index (χ4v) is 2.41. The van der Waals surface area contributed by atoms with Crippen LogP contribution in [0.5, 0.6) is 0 Å². The molecule has 0 heterocycles. The lowest BCUT2D eigenvalue weighted by Crippen LogP contribution is -2.41. The number of nitrogens with two attached hydrogens (primary N) is 1. The van der Waals surface area contributed by atoms with Crippen LogP contribution >= 0.6 is 0 Å². The van der Waals surface area contributed by atoms with Gasteiger partial charge in [0.2, 0.25) is 0 Å². The number of hydrogen-bond acceptors (Lipinski definition) is 2. The lowest BCUT2D eigenvalue weighted by molar-refractivity contribution is 0.229. The van der Waals surface area contributed by atoms with Crippen molar-refractivity contribution < 1.29 is 5.11 Å². The van der Waals surface area contributed by atoms with Crippen LogP contribution in [0.15, 0.2) is 42.5 Å². The predicted molar refractivity (Wildman–Crippen MR) is 76.7 cm³/mol. The fraction of sp³-hybridized carbons (Fsp3) is 0.375. The number of rotatable bonds is 4. The van der Waals surface area contributed by atoms with E-state index >= 15 is 0 Å². The Balaban J connectivity index is 2.51. The maximum atomic E-state index is 9.27. The summed E-state index contributed by atoms with van der Waals surface area (Å²) in [4.78, 5) is 0. The van der Waals surface area contributed by atoms with E-state index in [-0.39, 0.29) is 18.1 Å². The molecular weight excluding hydrogens is 222 g/mol. The van der Waals surface area contributed by atoms with E-state index in [1.165, 1.54) is 16.3 Å². The molecule has 2 nitrogen and oxygen atoms in total. The molecule has 0 spiro atoms. The topological polar surface area (TPSA) is 46.2 Å². The van der Waals surface area contributed by atoms with Crippen molar-refractivity contribution in [1.82, 2.24) is 0 Å². The molecule has 3 N–H and O–H groups in total. The van der Waals surface area contributed by atoms with Gasteiger partial charge in [-0.1, -0.05) is 49.4 Å². The molecule has 2 rings (SSSR count). The maximum Gasteiger partial charge on any atom is 0.0440 e. The average molecular weight is 243 g/mol. The van der Waals surface area contributed by atoms with E-state index < -0.39 is 0 Å². The van der Waals surface area contributed by atoms with Crippen molar-refractivity contribution in [3.8, 4) is 0 Å². The highest BCUT2D eigenvalue weighted by atomic mass is 16.3. The Kier molecular flexibility index (Phi) is 3.69. The molecule has 0 saturated carbocycles. The smallest absolute Gasteiger partial charge is 0.0440 e. The van der Waals surface area contributed by atoms with Crippen LogP contribution in [0.25, 0.3) is 10.8 Å². The first-order valence-electron chi connectivity index (χ1n) is 6.43. The summed E-state index contributed by atoms with van der Waals surface area (Å²) in [6.07, 6.45) is 0.684. The molecule has 0 aliphatic heterocycles. The fourth-order valence-electron chi connectivity index (χ4n) is 2.41. The second-order valence-corrected chi connectivity index (χ2v) is 5.24. The molecule has 2 aromatic carbocycles. The molecule has 18 heavy (non-hydrogen) atoms. The molecule has 2 atom stereocenters. The van der Waals surface area contributed by atoms with E-state index in [9.17, 15) is 5.11 Å². The number of aliphatic hydroxyl groups is 1. The Hall–Kier alpha value is -1.38. The summed E-state index contributed by atoms with van der Waals surface area (Å²) < 4.78 is 0. The lowest BCUT2D eigenvalue weighted by Gasteiger charge is -2.34. The van der Waals surface area contributed by atoms with Gasteiger partial charge in [0.05, 0.1) is 0 Å². The van der Waals surface area contributed by atoms with Crippen LogP contribution in [0.3, 0.4) is 0 Å². The molecule has 2 unspecified atom stereocenters. The largest absolute Gasteiger partial charge is 0.396 e. The predicted octanol–water partition coefficient (Wildman–Crippen LogP) is 2.83. The summed E-state index contributed by atoms with van der Waals surface area (Å²) in [7, 11) is 0. The van der Waals surface area contributed by atoms with Crippen molar-refractivity contribution in [3.05, 3.63) is 48.0 Å². The summed E-state index contributed by atoms with van der Waals surface area (Å²) in [5.74, 6) is 0. The third kappa shape index (κ3) is 2.26. The molecule has 0 aliphatic rings. The highest BCUT2D eigenvalue weighted by Gasteiger charge is 2.30. The minimum atomic E-state index is -0.182. The quantitative estimate of drug-likeness (QED) is 0.867. The van der Waals surface area contributed by atoms with Crippen molar-refractivity contribution in [2.75, 3.05) is 6.61 Å². The monoisotopic (exact) mass is 243 g/mol. The van der Waals surface area contributed by atoms with Crippen LogP contribution in [0.1, 0.15) is 25.8 Å². The zero-order chi connectivity index (χ0) is 13.2. The molecule has 0 aliphatic carbocycles. The zero-order valence-corrected chi connectivity index (χ0v) is 11.1. The highest BCUT2D eigenvalue weighted by molar-refractivity contribution is 5.83. The van der Waals surface area contributed by atoms with E-state index in [1.54, 1.807) is 0 Å². The van der Waals surface area contributed by atoms with E-state index in [2.05, 4.69) is 37.3 Å². The van der Waals surface area contributed by atoms with Crippen LogP contribution in [0.4, 0.5) is 0 Å². The first-order valence-corrected chi connectivity index (χ1v) is 6.43. The number of fused-ring (bicyclic) bond motifs is 1. The summed E-state index contributed by atoms with van der Waals surface area (Å²) >= 11 is 0. The first kappa shape index (κ1) is 13.1. The summed E-state index contributed by atoms with van der Waals surface area (Å²) in [6, 6.07) is 14.7. The van der Waals surface area contributed by atoms with Gasteiger partial charge in [-0.3, -0.25) is 0 Å². The van der Waals surface area contributed by atoms with Crippen LogP contribution in [0.2, 0.25) is 0 Å². The van der Waals surface area contributed by atoms with Crippen LogP contribution in [-0.4, -0.2) is 17.8 Å². The Morgan fingerprint density at radius 3 is 2.44 bits per heavy atom. The van der Waals surface area contributed by atoms with Crippen LogP contribution in [0, 0.1) is 0 Å². The van der Waals surface area contributed by atoms with Crippen LogP contribution in [-0.2, 0) is 5.41 Å². The number of benzene rings is 2. The van der Waals surface area contributed by atoms with Crippen LogP contribution < -0.4 is 5.73 Å². The third-order valence-corrected chi connectivity index (χ3v) is 4.05. The molecule has 0 radical (unpaired) electrons. The molecule has 0 saturated heterocycles. The first-order chi connectivity index (χ1) is 8.58. The summed E-state index contributed by atoms with van der Waals surface area (Å²) in [6.45, 7) is 4.29. The number of aliphatic hydroxyl groups excluding tert-OH is 1. The van der Waals surface area contributed by atoms with E-state index in [0.717, 1.165) is 0 Å². The zero-order valence-electron chi connectivity index (χ0n) is 11.1. The van der Waals surface area contributed by atoms with Gasteiger partial charge in [0, 0.05) is 18.1 Å². The standard InChI is InChI=1S/C16H21NO/c1-12(17)16(2,9-10-18)15-8-7-13-5-3-4-6-14(13)11-15/h3-8,11-12,18H,9-10,17H2,1-2H3. The van der Waals surface area contributed by atoms with Gasteiger partial charge >= 0.3 is 0 Å². The molecule has 0 bridgehead atoms. The SMILES string of the molecule is CC(N)C(C)(CCO)c1ccc2ccccc2c1.